The molecular formula is C11H15BrMg. The second kappa shape index (κ2) is 4.81. The molecule has 0 atom stereocenters. The van der Waals surface area contributed by atoms with E-state index in [4.69, 9.17) is 0 Å². The molecule has 2 heteroatoms. The molecule has 0 aliphatic carbocycles. The van der Waals surface area contributed by atoms with Gasteiger partial charge in [0.25, 0.3) is 0 Å². The van der Waals surface area contributed by atoms with Gasteiger partial charge in [0.1, 0.15) is 0 Å². The summed E-state index contributed by atoms with van der Waals surface area (Å²) in [5, 5.41) is 0. The van der Waals surface area contributed by atoms with Crippen LogP contribution in [0.2, 0.25) is 0 Å². The van der Waals surface area contributed by atoms with E-state index in [1.807, 2.05) is 0 Å². The zero-order chi connectivity index (χ0) is 9.90. The molecule has 0 aromatic heterocycles. The van der Waals surface area contributed by atoms with Gasteiger partial charge in [0.05, 0.1) is 0 Å². The van der Waals surface area contributed by atoms with Crippen LogP contribution in [0.15, 0.2) is 24.3 Å². The molecule has 0 heterocycles. The molecule has 13 heavy (non-hydrogen) atoms. The highest BCUT2D eigenvalue weighted by Gasteiger charge is 2.16. The van der Waals surface area contributed by atoms with Gasteiger partial charge in [0, 0.05) is 0 Å². The Morgan fingerprint density at radius 2 is 1.85 bits per heavy atom. The van der Waals surface area contributed by atoms with Crippen molar-refractivity contribution in [3.05, 3.63) is 35.4 Å². The molecule has 0 aliphatic heterocycles. The van der Waals surface area contributed by atoms with E-state index >= 15 is 0 Å². The smallest absolute Gasteiger partial charge is 0.306 e. The van der Waals surface area contributed by atoms with Crippen LogP contribution in [0.4, 0.5) is 0 Å². The highest BCUT2D eigenvalue weighted by atomic mass is 79.9. The van der Waals surface area contributed by atoms with E-state index < -0.39 is 0 Å². The molecular weight excluding hydrogens is 236 g/mol. The molecule has 1 aromatic rings. The highest BCUT2D eigenvalue weighted by Crippen LogP contribution is 2.25. The average Bonchev–Trinajstić information content (AvgIpc) is 2.04. The molecule has 0 bridgehead atoms. The summed E-state index contributed by atoms with van der Waals surface area (Å²) in [6.45, 7) is 6.84. The predicted octanol–water partition coefficient (Wildman–Crippen LogP) is 3.50. The maximum atomic E-state index is 3.63. The van der Waals surface area contributed by atoms with Crippen molar-refractivity contribution in [3.8, 4) is 0 Å². The first kappa shape index (κ1) is 11.5. The van der Waals surface area contributed by atoms with Crippen molar-refractivity contribution in [1.82, 2.24) is 0 Å². The van der Waals surface area contributed by atoms with Gasteiger partial charge in [-0.25, -0.2) is 0 Å². The average molecular weight is 251 g/mol. The van der Waals surface area contributed by atoms with Crippen molar-refractivity contribution in [2.45, 2.75) is 30.7 Å². The van der Waals surface area contributed by atoms with E-state index in [0.29, 0.717) is 0 Å². The molecule has 68 valence electrons. The third-order valence-corrected chi connectivity index (χ3v) is 4.11. The lowest BCUT2D eigenvalue weighted by atomic mass is 9.84. The van der Waals surface area contributed by atoms with Gasteiger partial charge in [0.2, 0.25) is 0 Å². The van der Waals surface area contributed by atoms with E-state index in [9.17, 15) is 0 Å². The van der Waals surface area contributed by atoms with Gasteiger partial charge in [-0.3, -0.25) is 0 Å². The summed E-state index contributed by atoms with van der Waals surface area (Å²) >= 11 is 3.57. The quantitative estimate of drug-likeness (QED) is 0.706. The van der Waals surface area contributed by atoms with Crippen molar-refractivity contribution in [1.29, 1.82) is 0 Å². The molecule has 0 N–H and O–H groups in total. The monoisotopic (exact) mass is 250 g/mol. The molecule has 0 amide bonds. The third kappa shape index (κ3) is 3.26. The maximum Gasteiger partial charge on any atom is 0.473 e. The van der Waals surface area contributed by atoms with Crippen LogP contribution < -0.4 is 0 Å². The Hall–Kier alpha value is 0.466. The molecule has 0 spiro atoms. The summed E-state index contributed by atoms with van der Waals surface area (Å²) in [6, 6.07) is 8.79. The second-order valence-electron chi connectivity index (χ2n) is 4.35. The standard InChI is InChI=1S/C11H15.BrH.Mg/c1-9-7-5-6-8-10(9)11(2,3)4;;/h5-8H,1H2,2-4H3;1H;/q;;+1/p-1. The number of rotatable bonds is 2. The molecule has 0 aliphatic rings. The van der Waals surface area contributed by atoms with Crippen molar-refractivity contribution in [2.24, 2.45) is 0 Å². The minimum Gasteiger partial charge on any atom is -0.306 e. The van der Waals surface area contributed by atoms with Gasteiger partial charge in [0.15, 0.2) is 0 Å². The van der Waals surface area contributed by atoms with Crippen LogP contribution in [-0.4, -0.2) is 18.2 Å². The molecule has 0 fully saturated rings. The summed E-state index contributed by atoms with van der Waals surface area (Å²) in [4.78, 5) is 0. The topological polar surface area (TPSA) is 0 Å². The van der Waals surface area contributed by atoms with Crippen LogP contribution in [0.5, 0.6) is 0 Å². The fourth-order valence-corrected chi connectivity index (χ4v) is 3.49. The summed E-state index contributed by atoms with van der Waals surface area (Å²) < 4.78 is 1.26. The summed E-state index contributed by atoms with van der Waals surface area (Å²) in [7, 11) is 0. The lowest BCUT2D eigenvalue weighted by molar-refractivity contribution is 0.585. The van der Waals surface area contributed by atoms with Crippen molar-refractivity contribution in [3.63, 3.8) is 0 Å². The Kier molecular flexibility index (Phi) is 4.27. The van der Waals surface area contributed by atoms with Crippen LogP contribution in [0.3, 0.4) is 0 Å². The lowest BCUT2D eigenvalue weighted by Gasteiger charge is -2.22. The number of hydrogen-bond donors (Lipinski definition) is 0. The van der Waals surface area contributed by atoms with E-state index in [-0.39, 0.29) is 23.6 Å². The van der Waals surface area contributed by atoms with Crippen LogP contribution >= 0.6 is 12.9 Å². The van der Waals surface area contributed by atoms with Crippen LogP contribution in [0.1, 0.15) is 31.9 Å². The highest BCUT2D eigenvalue weighted by molar-refractivity contribution is 9.23. The Morgan fingerprint density at radius 3 is 2.38 bits per heavy atom. The Morgan fingerprint density at radius 1 is 1.23 bits per heavy atom. The van der Waals surface area contributed by atoms with E-state index in [2.05, 4.69) is 57.9 Å². The fraction of sp³-hybridized carbons (Fsp3) is 0.455. The van der Waals surface area contributed by atoms with Gasteiger partial charge in [-0.05, 0) is 11.0 Å². The minimum atomic E-state index is -0.0511. The molecule has 0 saturated heterocycles. The fourth-order valence-electron chi connectivity index (χ4n) is 1.57. The number of benzene rings is 1. The lowest BCUT2D eigenvalue weighted by Crippen LogP contribution is -2.14. The first-order chi connectivity index (χ1) is 6.05. The van der Waals surface area contributed by atoms with Crippen LogP contribution in [0, 0.1) is 0 Å². The van der Waals surface area contributed by atoms with E-state index in [1.54, 1.807) is 0 Å². The van der Waals surface area contributed by atoms with Gasteiger partial charge in [-0.2, -0.15) is 0 Å². The number of hydrogen-bond acceptors (Lipinski definition) is 0. The Balaban J connectivity index is 3.05. The minimum absolute atomic E-state index is 0.0511. The van der Waals surface area contributed by atoms with Crippen LogP contribution in [0.25, 0.3) is 0 Å². The first-order valence-electron chi connectivity index (χ1n) is 4.70. The molecule has 1 aromatic carbocycles. The molecule has 1 rings (SSSR count). The molecule has 0 unspecified atom stereocenters. The van der Waals surface area contributed by atoms with E-state index in [1.165, 1.54) is 15.7 Å². The number of halogens is 1. The summed E-state index contributed by atoms with van der Waals surface area (Å²) in [6.07, 6.45) is 0. The summed E-state index contributed by atoms with van der Waals surface area (Å²) in [5.41, 5.74) is 3.31. The van der Waals surface area contributed by atoms with Gasteiger partial charge >= 0.3 is 18.2 Å². The third-order valence-electron chi connectivity index (χ3n) is 2.19. The first-order valence-corrected chi connectivity index (χ1v) is 9.60. The molecule has 0 radical (unpaired) electrons. The van der Waals surface area contributed by atoms with Crippen molar-refractivity contribution in [2.75, 3.05) is 0 Å². The zero-order valence-corrected chi connectivity index (χ0v) is 11.6. The van der Waals surface area contributed by atoms with Crippen molar-refractivity contribution < 1.29 is 0 Å². The Labute approximate surface area is 96.7 Å². The predicted molar refractivity (Wildman–Crippen MR) is 63.5 cm³/mol. The maximum absolute atomic E-state index is 3.63. The largest absolute Gasteiger partial charge is 0.473 e. The Bertz CT molecular complexity index is 276. The normalized spacial score (nSPS) is 11.1. The molecule has 0 nitrogen and oxygen atoms in total. The van der Waals surface area contributed by atoms with Crippen molar-refractivity contribution >= 4 is 31.1 Å². The summed E-state index contributed by atoms with van der Waals surface area (Å²) in [5.74, 6) is 0. The molecule has 0 saturated carbocycles. The van der Waals surface area contributed by atoms with Gasteiger partial charge in [-0.15, -0.1) is 4.55 Å². The SMILES string of the molecule is CC(C)(C)c1ccccc1[CH2][Mg][Br]. The second-order valence-corrected chi connectivity index (χ2v) is 7.60. The van der Waals surface area contributed by atoms with Crippen LogP contribution in [-0.2, 0) is 9.97 Å². The van der Waals surface area contributed by atoms with Gasteiger partial charge < -0.3 is 12.9 Å². The van der Waals surface area contributed by atoms with Gasteiger partial charge in [-0.1, -0.05) is 50.6 Å². The van der Waals surface area contributed by atoms with E-state index in [0.717, 1.165) is 0 Å². The zero-order valence-electron chi connectivity index (χ0n) is 8.60.